The van der Waals surface area contributed by atoms with Crippen LogP contribution in [0.25, 0.3) is 6.08 Å². The van der Waals surface area contributed by atoms with E-state index in [1.807, 2.05) is 4.57 Å². The van der Waals surface area contributed by atoms with Crippen molar-refractivity contribution in [1.29, 1.82) is 0 Å². The summed E-state index contributed by atoms with van der Waals surface area (Å²) in [5.41, 5.74) is 1.37. The van der Waals surface area contributed by atoms with Crippen molar-refractivity contribution in [2.24, 2.45) is 0 Å². The number of aromatic nitrogens is 1. The van der Waals surface area contributed by atoms with Gasteiger partial charge in [-0.15, -0.1) is 0 Å². The van der Waals surface area contributed by atoms with Crippen LogP contribution in [0.4, 0.5) is 10.5 Å². The van der Waals surface area contributed by atoms with Crippen LogP contribution in [0.2, 0.25) is 15.1 Å². The molecule has 1 aliphatic heterocycles. The number of benzene rings is 2. The van der Waals surface area contributed by atoms with Gasteiger partial charge in [0.05, 0.1) is 17.8 Å². The molecule has 2 heterocycles. The van der Waals surface area contributed by atoms with Crippen LogP contribution in [0, 0.1) is 0 Å². The monoisotopic (exact) mass is 503 g/mol. The highest BCUT2D eigenvalue weighted by Gasteiger charge is 2.37. The number of ether oxygens (including phenoxy) is 1. The summed E-state index contributed by atoms with van der Waals surface area (Å²) in [6.07, 6.45) is 3.21. The Hall–Kier alpha value is -3.26. The third-order valence-electron chi connectivity index (χ3n) is 5.01. The van der Waals surface area contributed by atoms with Gasteiger partial charge in [0.25, 0.3) is 11.8 Å². The lowest BCUT2D eigenvalue weighted by Crippen LogP contribution is -2.54. The summed E-state index contributed by atoms with van der Waals surface area (Å²) in [6.45, 7) is 0.384. The van der Waals surface area contributed by atoms with Gasteiger partial charge in [0.2, 0.25) is 0 Å². The Kier molecular flexibility index (Phi) is 6.47. The summed E-state index contributed by atoms with van der Waals surface area (Å²) in [4.78, 5) is 39.0. The number of nitrogens with one attached hydrogen (secondary N) is 1. The molecule has 1 aliphatic rings. The third kappa shape index (κ3) is 4.61. The Morgan fingerprint density at radius 3 is 2.48 bits per heavy atom. The van der Waals surface area contributed by atoms with E-state index < -0.39 is 17.8 Å². The molecular formula is C23H16Cl3N3O4. The summed E-state index contributed by atoms with van der Waals surface area (Å²) in [5.74, 6) is -1.18. The van der Waals surface area contributed by atoms with E-state index in [-0.39, 0.29) is 16.3 Å². The van der Waals surface area contributed by atoms with Crippen LogP contribution in [0.3, 0.4) is 0 Å². The maximum Gasteiger partial charge on any atom is 0.335 e. The molecule has 0 aliphatic carbocycles. The first kappa shape index (κ1) is 22.9. The minimum atomic E-state index is -0.869. The van der Waals surface area contributed by atoms with E-state index in [1.54, 1.807) is 36.5 Å². The second-order valence-electron chi connectivity index (χ2n) is 7.07. The number of halogens is 3. The molecule has 168 valence electrons. The van der Waals surface area contributed by atoms with Crippen LogP contribution in [0.5, 0.6) is 5.75 Å². The first-order valence-corrected chi connectivity index (χ1v) is 10.8. The fourth-order valence-electron chi connectivity index (χ4n) is 3.37. The van der Waals surface area contributed by atoms with Crippen LogP contribution < -0.4 is 15.0 Å². The van der Waals surface area contributed by atoms with E-state index in [9.17, 15) is 14.4 Å². The van der Waals surface area contributed by atoms with E-state index in [4.69, 9.17) is 39.5 Å². The van der Waals surface area contributed by atoms with Crippen molar-refractivity contribution in [3.63, 3.8) is 0 Å². The Bertz CT molecular complexity index is 1320. The lowest BCUT2D eigenvalue weighted by Gasteiger charge is -2.26. The smallest absolute Gasteiger partial charge is 0.335 e. The van der Waals surface area contributed by atoms with E-state index in [2.05, 4.69) is 5.32 Å². The Morgan fingerprint density at radius 1 is 1.00 bits per heavy atom. The molecule has 10 heteroatoms. The molecule has 0 bridgehead atoms. The standard InChI is InChI=1S/C23H16Cl3N3O4/c1-33-20-7-6-16(11-19(20)26)29-22(31)17(21(30)27-23(29)32)10-15-3-2-8-28(15)12-13-4-5-14(24)9-18(13)25/h2-11H,12H2,1H3,(H,27,30,32)/b17-10+. The molecule has 1 fully saturated rings. The lowest BCUT2D eigenvalue weighted by atomic mass is 10.1. The van der Waals surface area contributed by atoms with Crippen LogP contribution in [0.15, 0.2) is 60.3 Å². The van der Waals surface area contributed by atoms with Gasteiger partial charge in [-0.3, -0.25) is 14.9 Å². The minimum Gasteiger partial charge on any atom is -0.495 e. The first-order valence-electron chi connectivity index (χ1n) is 9.62. The number of rotatable bonds is 5. The molecule has 0 saturated carbocycles. The molecule has 1 aromatic heterocycles. The quantitative estimate of drug-likeness (QED) is 0.384. The molecule has 0 spiro atoms. The average Bonchev–Trinajstić information content (AvgIpc) is 3.20. The molecule has 2 aromatic carbocycles. The topological polar surface area (TPSA) is 80.6 Å². The van der Waals surface area contributed by atoms with Crippen LogP contribution in [-0.2, 0) is 16.1 Å². The van der Waals surface area contributed by atoms with Gasteiger partial charge in [0, 0.05) is 28.5 Å². The number of nitrogens with zero attached hydrogens (tertiary/aromatic N) is 2. The molecule has 1 saturated heterocycles. The van der Waals surface area contributed by atoms with Crippen LogP contribution in [-0.4, -0.2) is 29.5 Å². The fourth-order valence-corrected chi connectivity index (χ4v) is 4.09. The van der Waals surface area contributed by atoms with E-state index in [0.29, 0.717) is 28.0 Å². The van der Waals surface area contributed by atoms with Crippen molar-refractivity contribution in [3.8, 4) is 5.75 Å². The maximum absolute atomic E-state index is 13.2. The number of methoxy groups -OCH3 is 1. The van der Waals surface area contributed by atoms with Gasteiger partial charge < -0.3 is 9.30 Å². The van der Waals surface area contributed by atoms with Crippen LogP contribution in [0.1, 0.15) is 11.3 Å². The van der Waals surface area contributed by atoms with Crippen molar-refractivity contribution in [1.82, 2.24) is 9.88 Å². The molecule has 0 unspecified atom stereocenters. The largest absolute Gasteiger partial charge is 0.495 e. The van der Waals surface area contributed by atoms with Gasteiger partial charge in [-0.25, -0.2) is 9.69 Å². The van der Waals surface area contributed by atoms with Crippen LogP contribution >= 0.6 is 34.8 Å². The summed E-state index contributed by atoms with van der Waals surface area (Å²) < 4.78 is 6.92. The number of hydrogen-bond donors (Lipinski definition) is 1. The highest BCUT2D eigenvalue weighted by molar-refractivity contribution is 6.39. The van der Waals surface area contributed by atoms with Gasteiger partial charge in [-0.1, -0.05) is 40.9 Å². The molecule has 33 heavy (non-hydrogen) atoms. The van der Waals surface area contributed by atoms with E-state index in [0.717, 1.165) is 10.5 Å². The lowest BCUT2D eigenvalue weighted by molar-refractivity contribution is -0.122. The zero-order valence-electron chi connectivity index (χ0n) is 17.1. The van der Waals surface area contributed by atoms with Crippen molar-refractivity contribution < 1.29 is 19.1 Å². The summed E-state index contributed by atoms with van der Waals surface area (Å²) in [6, 6.07) is 12.3. The predicted octanol–water partition coefficient (Wildman–Crippen LogP) is 5.17. The zero-order chi connectivity index (χ0) is 23.7. The van der Waals surface area contributed by atoms with Gasteiger partial charge in [0.15, 0.2) is 0 Å². The second kappa shape index (κ2) is 9.31. The minimum absolute atomic E-state index is 0.199. The molecule has 1 N–H and O–H groups in total. The zero-order valence-corrected chi connectivity index (χ0v) is 19.4. The maximum atomic E-state index is 13.2. The van der Waals surface area contributed by atoms with Gasteiger partial charge in [-0.05, 0) is 54.1 Å². The first-order chi connectivity index (χ1) is 15.8. The molecule has 7 nitrogen and oxygen atoms in total. The highest BCUT2D eigenvalue weighted by atomic mass is 35.5. The van der Waals surface area contributed by atoms with Gasteiger partial charge >= 0.3 is 6.03 Å². The van der Waals surface area contributed by atoms with Crippen molar-refractivity contribution in [2.75, 3.05) is 12.0 Å². The Balaban J connectivity index is 1.67. The number of carbonyl (C=O) groups excluding carboxylic acids is 3. The molecule has 3 aromatic rings. The van der Waals surface area contributed by atoms with E-state index >= 15 is 0 Å². The fraction of sp³-hybridized carbons (Fsp3) is 0.0870. The normalized spacial score (nSPS) is 15.2. The number of amides is 4. The SMILES string of the molecule is COc1ccc(N2C(=O)NC(=O)/C(=C\c3cccn3Cc3ccc(Cl)cc3Cl)C2=O)cc1Cl. The summed E-state index contributed by atoms with van der Waals surface area (Å²) in [5, 5.41) is 3.42. The Labute approximate surface area is 204 Å². The number of barbiturate groups is 1. The van der Waals surface area contributed by atoms with Crippen molar-refractivity contribution in [2.45, 2.75) is 6.54 Å². The number of carbonyl (C=O) groups is 3. The number of urea groups is 1. The highest BCUT2D eigenvalue weighted by Crippen LogP contribution is 2.31. The summed E-state index contributed by atoms with van der Waals surface area (Å²) in [7, 11) is 1.45. The van der Waals surface area contributed by atoms with E-state index in [1.165, 1.54) is 31.4 Å². The third-order valence-corrected chi connectivity index (χ3v) is 5.89. The van der Waals surface area contributed by atoms with Gasteiger partial charge in [0.1, 0.15) is 11.3 Å². The predicted molar refractivity (Wildman–Crippen MR) is 127 cm³/mol. The summed E-state index contributed by atoms with van der Waals surface area (Å²) >= 11 is 18.4. The Morgan fingerprint density at radius 2 is 1.79 bits per heavy atom. The van der Waals surface area contributed by atoms with Crippen molar-refractivity contribution >= 4 is 64.4 Å². The number of anilines is 1. The van der Waals surface area contributed by atoms with Gasteiger partial charge in [-0.2, -0.15) is 0 Å². The molecule has 0 atom stereocenters. The molecule has 4 amide bonds. The second-order valence-corrected chi connectivity index (χ2v) is 8.32. The number of imide groups is 2. The van der Waals surface area contributed by atoms with Crippen molar-refractivity contribution in [3.05, 3.63) is 86.6 Å². The molecule has 4 rings (SSSR count). The molecule has 0 radical (unpaired) electrons. The number of hydrogen-bond acceptors (Lipinski definition) is 4. The molecular weight excluding hydrogens is 489 g/mol. The average molecular weight is 505 g/mol.